The Morgan fingerprint density at radius 3 is 2.37 bits per heavy atom. The van der Waals surface area contributed by atoms with Crippen LogP contribution in [-0.2, 0) is 11.0 Å². The van der Waals surface area contributed by atoms with Gasteiger partial charge in [-0.1, -0.05) is 13.8 Å². The van der Waals surface area contributed by atoms with Gasteiger partial charge in [-0.3, -0.25) is 14.2 Å². The molecule has 0 saturated heterocycles. The summed E-state index contributed by atoms with van der Waals surface area (Å²) in [6.45, 7) is 12.1. The lowest BCUT2D eigenvalue weighted by atomic mass is 10.1. The maximum Gasteiger partial charge on any atom is 0.438 e. The number of aromatic nitrogens is 2. The number of halogens is 3. The van der Waals surface area contributed by atoms with Crippen LogP contribution in [0.4, 0.5) is 13.2 Å². The first kappa shape index (κ1) is 23.9. The van der Waals surface area contributed by atoms with Crippen molar-refractivity contribution in [2.75, 3.05) is 26.2 Å². The summed E-state index contributed by atoms with van der Waals surface area (Å²) in [6, 6.07) is 1.99. The molecule has 1 aromatic carbocycles. The summed E-state index contributed by atoms with van der Waals surface area (Å²) >= 11 is 0. The molecule has 6 nitrogen and oxygen atoms in total. The SMILES string of the molecule is CCN(CC)CCCNC(=O)[C@H](C)n1c(=O)c(C(F)(F)F)nc2cc(C)c(C)cc21. The van der Waals surface area contributed by atoms with Crippen molar-refractivity contribution in [2.45, 2.75) is 53.3 Å². The van der Waals surface area contributed by atoms with E-state index in [0.29, 0.717) is 13.0 Å². The number of fused-ring (bicyclic) bond motifs is 1. The number of nitrogens with zero attached hydrogens (tertiary/aromatic N) is 3. The Bertz CT molecular complexity index is 965. The van der Waals surface area contributed by atoms with Crippen molar-refractivity contribution in [1.82, 2.24) is 19.8 Å². The Kier molecular flexibility index (Phi) is 7.63. The van der Waals surface area contributed by atoms with Crippen LogP contribution in [0.1, 0.15) is 50.1 Å². The van der Waals surface area contributed by atoms with Gasteiger partial charge in [-0.05, 0) is 70.1 Å². The van der Waals surface area contributed by atoms with E-state index in [0.717, 1.165) is 35.3 Å². The van der Waals surface area contributed by atoms with Crippen LogP contribution in [0.15, 0.2) is 16.9 Å². The summed E-state index contributed by atoms with van der Waals surface area (Å²) in [4.78, 5) is 31.1. The number of hydrogen-bond donors (Lipinski definition) is 1. The van der Waals surface area contributed by atoms with Gasteiger partial charge in [-0.2, -0.15) is 13.2 Å². The molecule has 166 valence electrons. The van der Waals surface area contributed by atoms with E-state index in [2.05, 4.69) is 15.2 Å². The summed E-state index contributed by atoms with van der Waals surface area (Å²) in [6.07, 6.45) is -4.20. The molecule has 0 aliphatic heterocycles. The largest absolute Gasteiger partial charge is 0.438 e. The third kappa shape index (κ3) is 5.19. The molecule has 0 bridgehead atoms. The fourth-order valence-electron chi connectivity index (χ4n) is 3.35. The number of alkyl halides is 3. The van der Waals surface area contributed by atoms with E-state index < -0.39 is 29.4 Å². The molecule has 0 aliphatic carbocycles. The van der Waals surface area contributed by atoms with Gasteiger partial charge in [-0.15, -0.1) is 0 Å². The molecule has 0 spiro atoms. The molecule has 0 fully saturated rings. The van der Waals surface area contributed by atoms with Crippen molar-refractivity contribution in [1.29, 1.82) is 0 Å². The quantitative estimate of drug-likeness (QED) is 0.657. The molecule has 1 heterocycles. The summed E-state index contributed by atoms with van der Waals surface area (Å²) in [5.41, 5.74) is -1.04. The van der Waals surface area contributed by atoms with Gasteiger partial charge in [0.2, 0.25) is 11.6 Å². The molecule has 1 aromatic heterocycles. The fraction of sp³-hybridized carbons (Fsp3) is 0.571. The van der Waals surface area contributed by atoms with Gasteiger partial charge in [-0.25, -0.2) is 4.98 Å². The van der Waals surface area contributed by atoms with Gasteiger partial charge in [0.05, 0.1) is 11.0 Å². The minimum absolute atomic E-state index is 0.0335. The lowest BCUT2D eigenvalue weighted by molar-refractivity contribution is -0.142. The van der Waals surface area contributed by atoms with Crippen LogP contribution in [-0.4, -0.2) is 46.5 Å². The van der Waals surface area contributed by atoms with Crippen LogP contribution in [0, 0.1) is 13.8 Å². The normalized spacial score (nSPS) is 13.1. The fourth-order valence-corrected chi connectivity index (χ4v) is 3.35. The molecule has 1 atom stereocenters. The lowest BCUT2D eigenvalue weighted by Crippen LogP contribution is -2.39. The number of hydrogen-bond acceptors (Lipinski definition) is 4. The first-order valence-electron chi connectivity index (χ1n) is 10.1. The average molecular weight is 426 g/mol. The van der Waals surface area contributed by atoms with Gasteiger partial charge < -0.3 is 10.2 Å². The molecular formula is C21H29F3N4O2. The number of rotatable bonds is 8. The van der Waals surface area contributed by atoms with Crippen molar-refractivity contribution in [3.05, 3.63) is 39.3 Å². The number of nitrogens with one attached hydrogen (secondary N) is 1. The molecule has 0 aliphatic rings. The molecule has 0 radical (unpaired) electrons. The standard InChI is InChI=1S/C21H29F3N4O2/c1-6-27(7-2)10-8-9-25-19(29)15(5)28-17-12-14(4)13(3)11-16(17)26-18(20(28)30)21(22,23)24/h11-12,15H,6-10H2,1-5H3,(H,25,29)/t15-/m0/s1. The molecular weight excluding hydrogens is 397 g/mol. The van der Waals surface area contributed by atoms with Crippen molar-refractivity contribution in [3.63, 3.8) is 0 Å². The Morgan fingerprint density at radius 2 is 1.80 bits per heavy atom. The van der Waals surface area contributed by atoms with Crippen LogP contribution in [0.25, 0.3) is 11.0 Å². The van der Waals surface area contributed by atoms with Gasteiger partial charge in [0.25, 0.3) is 5.56 Å². The number of benzene rings is 1. The Labute approximate surface area is 174 Å². The second kappa shape index (κ2) is 9.59. The first-order valence-corrected chi connectivity index (χ1v) is 10.1. The van der Waals surface area contributed by atoms with Gasteiger partial charge >= 0.3 is 6.18 Å². The van der Waals surface area contributed by atoms with Crippen LogP contribution in [0.3, 0.4) is 0 Å². The Hall–Kier alpha value is -2.42. The first-order chi connectivity index (χ1) is 14.0. The molecule has 0 saturated carbocycles. The molecule has 2 rings (SSSR count). The zero-order valence-electron chi connectivity index (χ0n) is 18.1. The van der Waals surface area contributed by atoms with E-state index in [1.54, 1.807) is 19.9 Å². The topological polar surface area (TPSA) is 67.2 Å². The molecule has 9 heteroatoms. The number of aryl methyl sites for hydroxylation is 2. The highest BCUT2D eigenvalue weighted by molar-refractivity contribution is 5.84. The number of carbonyl (C=O) groups excluding carboxylic acids is 1. The van der Waals surface area contributed by atoms with E-state index >= 15 is 0 Å². The summed E-state index contributed by atoms with van der Waals surface area (Å²) in [5, 5.41) is 2.73. The second-order valence-electron chi connectivity index (χ2n) is 7.41. The van der Waals surface area contributed by atoms with Crippen LogP contribution in [0.2, 0.25) is 0 Å². The minimum Gasteiger partial charge on any atom is -0.354 e. The molecule has 2 aromatic rings. The molecule has 1 amide bonds. The van der Waals surface area contributed by atoms with Crippen LogP contribution < -0.4 is 10.9 Å². The third-order valence-electron chi connectivity index (χ3n) is 5.38. The summed E-state index contributed by atoms with van der Waals surface area (Å²) < 4.78 is 41.1. The minimum atomic E-state index is -4.91. The van der Waals surface area contributed by atoms with Crippen molar-refractivity contribution in [3.8, 4) is 0 Å². The van der Waals surface area contributed by atoms with Gasteiger partial charge in [0.15, 0.2) is 0 Å². The Balaban J connectivity index is 2.38. The van der Waals surface area contributed by atoms with E-state index in [9.17, 15) is 22.8 Å². The maximum absolute atomic E-state index is 13.4. The number of carbonyl (C=O) groups is 1. The zero-order valence-corrected chi connectivity index (χ0v) is 18.1. The van der Waals surface area contributed by atoms with E-state index in [4.69, 9.17) is 0 Å². The maximum atomic E-state index is 13.4. The predicted molar refractivity (Wildman–Crippen MR) is 111 cm³/mol. The lowest BCUT2D eigenvalue weighted by Gasteiger charge is -2.21. The molecule has 1 N–H and O–H groups in total. The third-order valence-corrected chi connectivity index (χ3v) is 5.38. The van der Waals surface area contributed by atoms with Gasteiger partial charge in [0.1, 0.15) is 6.04 Å². The van der Waals surface area contributed by atoms with E-state index in [1.807, 2.05) is 13.8 Å². The Morgan fingerprint density at radius 1 is 1.20 bits per heavy atom. The smallest absolute Gasteiger partial charge is 0.354 e. The van der Waals surface area contributed by atoms with Gasteiger partial charge in [0, 0.05) is 6.54 Å². The average Bonchev–Trinajstić information content (AvgIpc) is 2.67. The van der Waals surface area contributed by atoms with Crippen LogP contribution in [0.5, 0.6) is 0 Å². The summed E-state index contributed by atoms with van der Waals surface area (Å²) in [7, 11) is 0. The van der Waals surface area contributed by atoms with E-state index in [1.165, 1.54) is 13.0 Å². The highest BCUT2D eigenvalue weighted by atomic mass is 19.4. The van der Waals surface area contributed by atoms with Crippen LogP contribution >= 0.6 is 0 Å². The molecule has 30 heavy (non-hydrogen) atoms. The monoisotopic (exact) mass is 426 g/mol. The predicted octanol–water partition coefficient (Wildman–Crippen LogP) is 3.44. The summed E-state index contributed by atoms with van der Waals surface area (Å²) in [5.74, 6) is -0.504. The van der Waals surface area contributed by atoms with Crippen molar-refractivity contribution >= 4 is 16.9 Å². The van der Waals surface area contributed by atoms with Crippen molar-refractivity contribution in [2.24, 2.45) is 0 Å². The van der Waals surface area contributed by atoms with Crippen molar-refractivity contribution < 1.29 is 18.0 Å². The highest BCUT2D eigenvalue weighted by Crippen LogP contribution is 2.28. The highest BCUT2D eigenvalue weighted by Gasteiger charge is 2.38. The second-order valence-corrected chi connectivity index (χ2v) is 7.41. The zero-order chi connectivity index (χ0) is 22.6. The number of amides is 1. The van der Waals surface area contributed by atoms with E-state index in [-0.39, 0.29) is 11.0 Å². The molecule has 0 unspecified atom stereocenters.